The van der Waals surface area contributed by atoms with E-state index in [0.717, 1.165) is 12.5 Å². The van der Waals surface area contributed by atoms with E-state index in [-0.39, 0.29) is 5.56 Å². The number of hydrogen-bond donors (Lipinski definition) is 2. The molecule has 1 aliphatic heterocycles. The normalized spacial score (nSPS) is 19.0. The number of amidine groups is 1. The highest BCUT2D eigenvalue weighted by Crippen LogP contribution is 2.35. The number of alkyl halides is 3. The molecule has 1 aromatic carbocycles. The van der Waals surface area contributed by atoms with E-state index in [1.807, 2.05) is 4.90 Å². The lowest BCUT2D eigenvalue weighted by Crippen LogP contribution is -2.23. The Morgan fingerprint density at radius 1 is 1.48 bits per heavy atom. The van der Waals surface area contributed by atoms with Crippen molar-refractivity contribution in [3.63, 3.8) is 0 Å². The van der Waals surface area contributed by atoms with E-state index in [2.05, 4.69) is 0 Å². The Morgan fingerprint density at radius 3 is 2.76 bits per heavy atom. The molecule has 1 unspecified atom stereocenters. The van der Waals surface area contributed by atoms with Crippen LogP contribution in [0.3, 0.4) is 0 Å². The molecule has 0 aliphatic carbocycles. The summed E-state index contributed by atoms with van der Waals surface area (Å²) in [7, 11) is 1.62. The van der Waals surface area contributed by atoms with Gasteiger partial charge in [-0.05, 0) is 24.6 Å². The number of nitrogen functional groups attached to an aromatic ring is 1. The van der Waals surface area contributed by atoms with Gasteiger partial charge in [0.15, 0.2) is 0 Å². The van der Waals surface area contributed by atoms with E-state index in [9.17, 15) is 13.2 Å². The van der Waals surface area contributed by atoms with Crippen LogP contribution >= 0.6 is 0 Å². The Morgan fingerprint density at radius 2 is 2.19 bits per heavy atom. The molecule has 1 atom stereocenters. The van der Waals surface area contributed by atoms with Gasteiger partial charge < -0.3 is 15.4 Å². The van der Waals surface area contributed by atoms with Crippen LogP contribution in [0.25, 0.3) is 0 Å². The fourth-order valence-corrected chi connectivity index (χ4v) is 2.64. The van der Waals surface area contributed by atoms with Gasteiger partial charge in [-0.2, -0.15) is 13.2 Å². The monoisotopic (exact) mass is 301 g/mol. The molecule has 2 rings (SSSR count). The highest BCUT2D eigenvalue weighted by Gasteiger charge is 2.35. The van der Waals surface area contributed by atoms with Gasteiger partial charge in [-0.1, -0.05) is 0 Å². The number of nitrogens with zero attached hydrogens (tertiary/aromatic N) is 1. The molecule has 1 aliphatic rings. The van der Waals surface area contributed by atoms with Gasteiger partial charge in [0.05, 0.1) is 12.2 Å². The van der Waals surface area contributed by atoms with Crippen molar-refractivity contribution in [2.45, 2.75) is 12.6 Å². The van der Waals surface area contributed by atoms with Crippen molar-refractivity contribution in [2.75, 3.05) is 31.7 Å². The first-order valence-electron chi connectivity index (χ1n) is 6.62. The molecule has 0 saturated carbocycles. The van der Waals surface area contributed by atoms with Crippen LogP contribution in [0.15, 0.2) is 18.2 Å². The van der Waals surface area contributed by atoms with Crippen molar-refractivity contribution in [1.82, 2.24) is 0 Å². The number of anilines is 1. The van der Waals surface area contributed by atoms with Crippen molar-refractivity contribution in [1.29, 1.82) is 5.41 Å². The highest BCUT2D eigenvalue weighted by atomic mass is 19.4. The maximum absolute atomic E-state index is 13.1. The molecule has 1 heterocycles. The van der Waals surface area contributed by atoms with E-state index in [1.54, 1.807) is 13.2 Å². The second kappa shape index (κ2) is 5.93. The quantitative estimate of drug-likeness (QED) is 0.663. The molecule has 116 valence electrons. The summed E-state index contributed by atoms with van der Waals surface area (Å²) in [4.78, 5) is 1.91. The zero-order valence-electron chi connectivity index (χ0n) is 11.7. The molecule has 4 nitrogen and oxygen atoms in total. The van der Waals surface area contributed by atoms with Crippen LogP contribution in [0.2, 0.25) is 0 Å². The molecule has 7 heteroatoms. The van der Waals surface area contributed by atoms with Gasteiger partial charge in [0, 0.05) is 37.4 Å². The molecule has 0 radical (unpaired) electrons. The predicted molar refractivity (Wildman–Crippen MR) is 74.7 cm³/mol. The van der Waals surface area contributed by atoms with Gasteiger partial charge in [0.25, 0.3) is 0 Å². The SMILES string of the molecule is COCC1CCN(c2ccc(C(=N)N)c(C(F)(F)F)c2)C1. The average Bonchev–Trinajstić information content (AvgIpc) is 2.86. The maximum atomic E-state index is 13.1. The number of nitrogens with one attached hydrogen (secondary N) is 1. The lowest BCUT2D eigenvalue weighted by Gasteiger charge is -2.21. The van der Waals surface area contributed by atoms with Crippen molar-refractivity contribution in [3.05, 3.63) is 29.3 Å². The number of halogens is 3. The van der Waals surface area contributed by atoms with Crippen molar-refractivity contribution < 1.29 is 17.9 Å². The lowest BCUT2D eigenvalue weighted by atomic mass is 10.0. The van der Waals surface area contributed by atoms with Gasteiger partial charge in [0.2, 0.25) is 0 Å². The number of ether oxygens (including phenoxy) is 1. The number of hydrogen-bond acceptors (Lipinski definition) is 3. The summed E-state index contributed by atoms with van der Waals surface area (Å²) in [5, 5.41) is 7.27. The second-order valence-corrected chi connectivity index (χ2v) is 5.20. The molecular formula is C14H18F3N3O. The lowest BCUT2D eigenvalue weighted by molar-refractivity contribution is -0.137. The predicted octanol–water partition coefficient (Wildman–Crippen LogP) is 2.46. The topological polar surface area (TPSA) is 62.3 Å². The van der Waals surface area contributed by atoms with Gasteiger partial charge in [-0.15, -0.1) is 0 Å². The van der Waals surface area contributed by atoms with Crippen LogP contribution in [0.1, 0.15) is 17.5 Å². The maximum Gasteiger partial charge on any atom is 0.417 e. The first-order valence-corrected chi connectivity index (χ1v) is 6.62. The molecule has 1 saturated heterocycles. The smallest absolute Gasteiger partial charge is 0.384 e. The third kappa shape index (κ3) is 3.47. The summed E-state index contributed by atoms with van der Waals surface area (Å²) in [6.07, 6.45) is -3.63. The first-order chi connectivity index (χ1) is 9.82. The van der Waals surface area contributed by atoms with Crippen LogP contribution < -0.4 is 10.6 Å². The Hall–Kier alpha value is -1.76. The first kappa shape index (κ1) is 15.6. The largest absolute Gasteiger partial charge is 0.417 e. The summed E-state index contributed by atoms with van der Waals surface area (Å²) < 4.78 is 44.3. The van der Waals surface area contributed by atoms with Crippen LogP contribution in [0, 0.1) is 11.3 Å². The molecule has 3 N–H and O–H groups in total. The second-order valence-electron chi connectivity index (χ2n) is 5.20. The zero-order chi connectivity index (χ0) is 15.6. The highest BCUT2D eigenvalue weighted by molar-refractivity contribution is 5.97. The van der Waals surface area contributed by atoms with E-state index in [1.165, 1.54) is 6.07 Å². The molecule has 0 amide bonds. The zero-order valence-corrected chi connectivity index (χ0v) is 11.7. The minimum absolute atomic E-state index is 0.279. The van der Waals surface area contributed by atoms with E-state index in [4.69, 9.17) is 15.9 Å². The molecular weight excluding hydrogens is 283 g/mol. The summed E-state index contributed by atoms with van der Waals surface area (Å²) in [5.41, 5.74) is 4.60. The summed E-state index contributed by atoms with van der Waals surface area (Å²) in [6.45, 7) is 1.98. The van der Waals surface area contributed by atoms with E-state index < -0.39 is 17.6 Å². The Kier molecular flexibility index (Phi) is 4.41. The van der Waals surface area contributed by atoms with Crippen LogP contribution in [0.4, 0.5) is 18.9 Å². The molecule has 1 fully saturated rings. The van der Waals surface area contributed by atoms with Crippen LogP contribution in [0.5, 0.6) is 0 Å². The molecule has 0 spiro atoms. The van der Waals surface area contributed by atoms with E-state index in [0.29, 0.717) is 31.3 Å². The number of nitrogens with two attached hydrogens (primary N) is 1. The fraction of sp³-hybridized carbons (Fsp3) is 0.500. The number of rotatable bonds is 4. The number of benzene rings is 1. The Bertz CT molecular complexity index is 531. The van der Waals surface area contributed by atoms with Gasteiger partial charge in [-0.25, -0.2) is 0 Å². The Balaban J connectivity index is 2.29. The van der Waals surface area contributed by atoms with Crippen molar-refractivity contribution in [2.24, 2.45) is 11.7 Å². The van der Waals surface area contributed by atoms with Gasteiger partial charge >= 0.3 is 6.18 Å². The fourth-order valence-electron chi connectivity index (χ4n) is 2.64. The summed E-state index contributed by atoms with van der Waals surface area (Å²) in [6, 6.07) is 3.93. The minimum Gasteiger partial charge on any atom is -0.384 e. The van der Waals surface area contributed by atoms with Gasteiger partial charge in [0.1, 0.15) is 5.84 Å². The van der Waals surface area contributed by atoms with Crippen LogP contribution in [-0.4, -0.2) is 32.6 Å². The third-order valence-corrected chi connectivity index (χ3v) is 3.65. The third-order valence-electron chi connectivity index (χ3n) is 3.65. The van der Waals surface area contributed by atoms with Crippen molar-refractivity contribution >= 4 is 11.5 Å². The van der Waals surface area contributed by atoms with E-state index >= 15 is 0 Å². The van der Waals surface area contributed by atoms with Crippen molar-refractivity contribution in [3.8, 4) is 0 Å². The average molecular weight is 301 g/mol. The van der Waals surface area contributed by atoms with Gasteiger partial charge in [-0.3, -0.25) is 5.41 Å². The molecule has 1 aromatic rings. The van der Waals surface area contributed by atoms with Crippen LogP contribution in [-0.2, 0) is 10.9 Å². The number of methoxy groups -OCH3 is 1. The minimum atomic E-state index is -4.53. The summed E-state index contributed by atoms with van der Waals surface area (Å²) in [5.74, 6) is -0.246. The standard InChI is InChI=1S/C14H18F3N3O/c1-21-8-9-4-5-20(7-9)10-2-3-11(13(18)19)12(6-10)14(15,16)17/h2-3,6,9H,4-5,7-8H2,1H3,(H3,18,19). The molecule has 21 heavy (non-hydrogen) atoms. The summed E-state index contributed by atoms with van der Waals surface area (Å²) >= 11 is 0. The molecule has 0 bridgehead atoms. The Labute approximate surface area is 121 Å². The molecule has 0 aromatic heterocycles.